The Morgan fingerprint density at radius 1 is 1.03 bits per heavy atom. The van der Waals surface area contributed by atoms with Crippen molar-refractivity contribution in [2.45, 2.75) is 23.9 Å². The van der Waals surface area contributed by atoms with Crippen LogP contribution in [-0.4, -0.2) is 26.9 Å². The Hall–Kier alpha value is -3.29. The van der Waals surface area contributed by atoms with Crippen molar-refractivity contribution in [3.8, 4) is 17.2 Å². The molecule has 33 heavy (non-hydrogen) atoms. The highest BCUT2D eigenvalue weighted by Gasteiger charge is 2.22. The number of thioether (sulfide) groups is 1. The first-order chi connectivity index (χ1) is 16.1. The number of rotatable bonds is 7. The second-order valence-electron chi connectivity index (χ2n) is 7.51. The van der Waals surface area contributed by atoms with Crippen molar-refractivity contribution < 1.29 is 9.15 Å². The van der Waals surface area contributed by atoms with Gasteiger partial charge in [0.2, 0.25) is 0 Å². The summed E-state index contributed by atoms with van der Waals surface area (Å²) in [6, 6.07) is 23.7. The molecule has 0 radical (unpaired) electrons. The second kappa shape index (κ2) is 9.29. The van der Waals surface area contributed by atoms with Crippen molar-refractivity contribution >= 4 is 34.4 Å². The molecule has 0 aliphatic carbocycles. The van der Waals surface area contributed by atoms with E-state index < -0.39 is 0 Å². The van der Waals surface area contributed by atoms with Crippen LogP contribution >= 0.6 is 23.4 Å². The predicted octanol–water partition coefficient (Wildman–Crippen LogP) is 6.65. The quantitative estimate of drug-likeness (QED) is 0.245. The van der Waals surface area contributed by atoms with Crippen LogP contribution in [0.1, 0.15) is 23.6 Å². The first kappa shape index (κ1) is 21.6. The minimum Gasteiger partial charge on any atom is -0.496 e. The number of halogens is 1. The fourth-order valence-electron chi connectivity index (χ4n) is 3.76. The summed E-state index contributed by atoms with van der Waals surface area (Å²) in [5.41, 5.74) is 3.85. The Labute approximate surface area is 200 Å². The van der Waals surface area contributed by atoms with Gasteiger partial charge in [-0.15, -0.1) is 10.2 Å². The van der Waals surface area contributed by atoms with Gasteiger partial charge in [-0.3, -0.25) is 0 Å². The first-order valence-electron chi connectivity index (χ1n) is 10.5. The SMILES string of the molecule is COc1ccccc1-c1nnc(SC(C)c2nc3cc(Cl)ccc3n2Cc2ccccc2)o1. The molecule has 0 N–H and O–H groups in total. The van der Waals surface area contributed by atoms with Gasteiger partial charge in [-0.05, 0) is 42.8 Å². The van der Waals surface area contributed by atoms with Gasteiger partial charge >= 0.3 is 0 Å². The number of imidazole rings is 1. The molecule has 0 spiro atoms. The Kier molecular flexibility index (Phi) is 6.07. The summed E-state index contributed by atoms with van der Waals surface area (Å²) in [7, 11) is 1.62. The third-order valence-electron chi connectivity index (χ3n) is 5.31. The molecule has 2 heterocycles. The lowest BCUT2D eigenvalue weighted by atomic mass is 10.2. The monoisotopic (exact) mass is 476 g/mol. The Bertz CT molecular complexity index is 1400. The molecule has 3 aromatic carbocycles. The number of hydrogen-bond acceptors (Lipinski definition) is 6. The lowest BCUT2D eigenvalue weighted by Gasteiger charge is -2.13. The number of methoxy groups -OCH3 is 1. The molecule has 6 nitrogen and oxygen atoms in total. The summed E-state index contributed by atoms with van der Waals surface area (Å²) >= 11 is 7.71. The molecule has 0 aliphatic rings. The van der Waals surface area contributed by atoms with E-state index in [-0.39, 0.29) is 5.25 Å². The molecule has 5 rings (SSSR count). The Morgan fingerprint density at radius 3 is 2.64 bits per heavy atom. The number of fused-ring (bicyclic) bond motifs is 1. The molecule has 0 bridgehead atoms. The predicted molar refractivity (Wildman–Crippen MR) is 131 cm³/mol. The topological polar surface area (TPSA) is 66.0 Å². The van der Waals surface area contributed by atoms with Crippen LogP contribution in [0.15, 0.2) is 82.4 Å². The standard InChI is InChI=1S/C25H21ClN4O2S/c1-16(33-25-29-28-24(32-25)19-10-6-7-11-22(19)31-2)23-27-20-14-18(26)12-13-21(20)30(23)15-17-8-4-3-5-9-17/h3-14,16H,15H2,1-2H3. The van der Waals surface area contributed by atoms with Crippen molar-refractivity contribution in [2.75, 3.05) is 7.11 Å². The average molecular weight is 477 g/mol. The van der Waals surface area contributed by atoms with Gasteiger partial charge in [-0.1, -0.05) is 65.8 Å². The van der Waals surface area contributed by atoms with Crippen LogP contribution in [0, 0.1) is 0 Å². The zero-order valence-electron chi connectivity index (χ0n) is 18.1. The van der Waals surface area contributed by atoms with E-state index in [1.165, 1.54) is 17.3 Å². The fourth-order valence-corrected chi connectivity index (χ4v) is 4.72. The maximum Gasteiger partial charge on any atom is 0.277 e. The van der Waals surface area contributed by atoms with Gasteiger partial charge in [0.15, 0.2) is 0 Å². The minimum atomic E-state index is -0.0362. The van der Waals surface area contributed by atoms with E-state index in [1.54, 1.807) is 7.11 Å². The molecule has 1 atom stereocenters. The molecular weight excluding hydrogens is 456 g/mol. The van der Waals surface area contributed by atoms with Crippen molar-refractivity contribution in [3.63, 3.8) is 0 Å². The lowest BCUT2D eigenvalue weighted by Crippen LogP contribution is -2.06. The minimum absolute atomic E-state index is 0.0362. The van der Waals surface area contributed by atoms with Crippen molar-refractivity contribution in [1.82, 2.24) is 19.7 Å². The third-order valence-corrected chi connectivity index (χ3v) is 6.47. The summed E-state index contributed by atoms with van der Waals surface area (Å²) < 4.78 is 13.6. The smallest absolute Gasteiger partial charge is 0.277 e. The number of aromatic nitrogens is 4. The maximum absolute atomic E-state index is 6.24. The van der Waals surface area contributed by atoms with Gasteiger partial charge in [-0.25, -0.2) is 4.98 Å². The molecule has 0 saturated carbocycles. The van der Waals surface area contributed by atoms with Crippen LogP contribution in [-0.2, 0) is 6.54 Å². The normalized spacial score (nSPS) is 12.2. The summed E-state index contributed by atoms with van der Waals surface area (Å²) in [4.78, 5) is 4.91. The van der Waals surface area contributed by atoms with E-state index in [1.807, 2.05) is 60.7 Å². The van der Waals surface area contributed by atoms with Crippen LogP contribution in [0.4, 0.5) is 0 Å². The van der Waals surface area contributed by atoms with Gasteiger partial charge in [0.1, 0.15) is 11.6 Å². The largest absolute Gasteiger partial charge is 0.496 e. The fraction of sp³-hybridized carbons (Fsp3) is 0.160. The number of para-hydroxylation sites is 1. The Balaban J connectivity index is 1.47. The van der Waals surface area contributed by atoms with Crippen LogP contribution in [0.3, 0.4) is 0 Å². The molecule has 2 aromatic heterocycles. The van der Waals surface area contributed by atoms with E-state index in [0.29, 0.717) is 28.4 Å². The summed E-state index contributed by atoms with van der Waals surface area (Å²) in [5, 5.41) is 9.57. The van der Waals surface area contributed by atoms with Crippen LogP contribution in [0.5, 0.6) is 5.75 Å². The van der Waals surface area contributed by atoms with Gasteiger partial charge in [-0.2, -0.15) is 0 Å². The van der Waals surface area contributed by atoms with E-state index in [2.05, 4.69) is 33.8 Å². The molecule has 5 aromatic rings. The molecule has 1 unspecified atom stereocenters. The molecule has 0 amide bonds. The summed E-state index contributed by atoms with van der Waals surface area (Å²) in [5.74, 6) is 2.03. The average Bonchev–Trinajstić information content (AvgIpc) is 3.44. The molecule has 8 heteroatoms. The van der Waals surface area contributed by atoms with Crippen LogP contribution < -0.4 is 4.74 Å². The molecular formula is C25H21ClN4O2S. The van der Waals surface area contributed by atoms with E-state index in [0.717, 1.165) is 22.4 Å². The highest BCUT2D eigenvalue weighted by atomic mass is 35.5. The van der Waals surface area contributed by atoms with E-state index in [4.69, 9.17) is 25.7 Å². The first-order valence-corrected chi connectivity index (χ1v) is 11.7. The van der Waals surface area contributed by atoms with E-state index >= 15 is 0 Å². The zero-order chi connectivity index (χ0) is 22.8. The summed E-state index contributed by atoms with van der Waals surface area (Å²) in [6.07, 6.45) is 0. The zero-order valence-corrected chi connectivity index (χ0v) is 19.7. The van der Waals surface area contributed by atoms with Gasteiger partial charge in [0.05, 0.1) is 29.0 Å². The second-order valence-corrected chi connectivity index (χ2v) is 9.24. The number of benzene rings is 3. The third kappa shape index (κ3) is 4.47. The molecule has 0 fully saturated rings. The number of nitrogens with zero attached hydrogens (tertiary/aromatic N) is 4. The van der Waals surface area contributed by atoms with Gasteiger partial charge < -0.3 is 13.7 Å². The van der Waals surface area contributed by atoms with Crippen molar-refractivity contribution in [2.24, 2.45) is 0 Å². The van der Waals surface area contributed by atoms with Crippen molar-refractivity contribution in [1.29, 1.82) is 0 Å². The van der Waals surface area contributed by atoms with E-state index in [9.17, 15) is 0 Å². The Morgan fingerprint density at radius 2 is 1.82 bits per heavy atom. The number of hydrogen-bond donors (Lipinski definition) is 0. The van der Waals surface area contributed by atoms with Gasteiger partial charge in [0, 0.05) is 11.6 Å². The molecule has 0 saturated heterocycles. The number of ether oxygens (including phenoxy) is 1. The van der Waals surface area contributed by atoms with Crippen molar-refractivity contribution in [3.05, 3.63) is 89.2 Å². The van der Waals surface area contributed by atoms with Crippen LogP contribution in [0.2, 0.25) is 5.02 Å². The lowest BCUT2D eigenvalue weighted by molar-refractivity contribution is 0.411. The van der Waals surface area contributed by atoms with Crippen LogP contribution in [0.25, 0.3) is 22.5 Å². The molecule has 166 valence electrons. The van der Waals surface area contributed by atoms with Gasteiger partial charge in [0.25, 0.3) is 11.1 Å². The maximum atomic E-state index is 6.24. The summed E-state index contributed by atoms with van der Waals surface area (Å²) in [6.45, 7) is 2.79. The highest BCUT2D eigenvalue weighted by Crippen LogP contribution is 2.38. The highest BCUT2D eigenvalue weighted by molar-refractivity contribution is 7.99. The molecule has 0 aliphatic heterocycles.